The lowest BCUT2D eigenvalue weighted by molar-refractivity contribution is 1.31. The van der Waals surface area contributed by atoms with Crippen molar-refractivity contribution in [2.75, 3.05) is 0 Å². The highest BCUT2D eigenvalue weighted by Crippen LogP contribution is 2.18. The summed E-state index contributed by atoms with van der Waals surface area (Å²) in [5.41, 5.74) is 1.10. The summed E-state index contributed by atoms with van der Waals surface area (Å²) in [6.45, 7) is 0. The quantitative estimate of drug-likeness (QED) is 0.639. The van der Waals surface area contributed by atoms with E-state index >= 15 is 0 Å². The maximum Gasteiger partial charge on any atom is 0.212 e. The lowest BCUT2D eigenvalue weighted by Crippen LogP contribution is -1.71. The molecule has 0 fully saturated rings. The summed E-state index contributed by atoms with van der Waals surface area (Å²) in [7, 11) is 0. The summed E-state index contributed by atoms with van der Waals surface area (Å²) in [6, 6.07) is 9.96. The third-order valence-corrected chi connectivity index (χ3v) is 2.02. The summed E-state index contributed by atoms with van der Waals surface area (Å²) in [5, 5.41) is 0.922. The molecule has 0 amide bonds. The molecule has 0 N–H and O–H groups in total. The van der Waals surface area contributed by atoms with E-state index in [1.165, 1.54) is 11.5 Å². The zero-order chi connectivity index (χ0) is 7.52. The highest BCUT2D eigenvalue weighted by atomic mass is 32.1. The molecule has 1 aromatic carbocycles. The molecule has 2 aromatic rings. The van der Waals surface area contributed by atoms with E-state index in [0.29, 0.717) is 0 Å². The Kier molecular flexibility index (Phi) is 1.65. The van der Waals surface area contributed by atoms with Crippen molar-refractivity contribution < 1.29 is 0 Å². The standard InChI is InChI=1S/C8H5N2S/c1-2-4-7(5-3-1)8-9-6-10-11-8/h1-5H. The average molecular weight is 161 g/mol. The van der Waals surface area contributed by atoms with E-state index in [1.807, 2.05) is 30.3 Å². The fourth-order valence-corrected chi connectivity index (χ4v) is 1.34. The fraction of sp³-hybridized carbons (Fsp3) is 0. The summed E-state index contributed by atoms with van der Waals surface area (Å²) < 4.78 is 3.80. The largest absolute Gasteiger partial charge is 0.212 e. The van der Waals surface area contributed by atoms with Crippen molar-refractivity contribution in [3.05, 3.63) is 36.7 Å². The molecule has 0 spiro atoms. The van der Waals surface area contributed by atoms with Gasteiger partial charge in [0.25, 0.3) is 0 Å². The Morgan fingerprint density at radius 3 is 2.64 bits per heavy atom. The first-order chi connectivity index (χ1) is 5.47. The number of nitrogens with zero attached hydrogens (tertiary/aromatic N) is 2. The van der Waals surface area contributed by atoms with Crippen molar-refractivity contribution in [1.29, 1.82) is 0 Å². The molecular formula is C8H5N2S. The lowest BCUT2D eigenvalue weighted by Gasteiger charge is -1.90. The van der Waals surface area contributed by atoms with E-state index in [-0.39, 0.29) is 0 Å². The summed E-state index contributed by atoms with van der Waals surface area (Å²) in [5.74, 6) is 0. The number of rotatable bonds is 1. The average Bonchev–Trinajstić information content (AvgIpc) is 2.58. The Morgan fingerprint density at radius 1 is 1.18 bits per heavy atom. The van der Waals surface area contributed by atoms with Crippen LogP contribution in [0.5, 0.6) is 0 Å². The molecule has 0 atom stereocenters. The Hall–Kier alpha value is -1.22. The van der Waals surface area contributed by atoms with Crippen molar-refractivity contribution in [2.45, 2.75) is 0 Å². The van der Waals surface area contributed by atoms with Crippen molar-refractivity contribution in [2.24, 2.45) is 0 Å². The van der Waals surface area contributed by atoms with E-state index in [9.17, 15) is 0 Å². The molecular weight excluding hydrogens is 156 g/mol. The third kappa shape index (κ3) is 1.28. The van der Waals surface area contributed by atoms with Gasteiger partial charge in [0.2, 0.25) is 6.33 Å². The molecule has 0 bridgehead atoms. The topological polar surface area (TPSA) is 25.8 Å². The molecule has 0 aliphatic heterocycles. The minimum Gasteiger partial charge on any atom is -0.212 e. The molecule has 0 unspecified atom stereocenters. The molecule has 1 heterocycles. The van der Waals surface area contributed by atoms with Crippen LogP contribution in [0, 0.1) is 6.33 Å². The van der Waals surface area contributed by atoms with Gasteiger partial charge in [-0.05, 0) is 11.5 Å². The van der Waals surface area contributed by atoms with Gasteiger partial charge in [0.05, 0.1) is 0 Å². The molecule has 0 saturated carbocycles. The van der Waals surface area contributed by atoms with Crippen LogP contribution in [0.4, 0.5) is 0 Å². The second-order valence-electron chi connectivity index (χ2n) is 2.07. The zero-order valence-electron chi connectivity index (χ0n) is 5.69. The SMILES string of the molecule is [c]1nsc(-c2ccccc2)n1. The van der Waals surface area contributed by atoms with E-state index in [2.05, 4.69) is 15.7 Å². The first-order valence-corrected chi connectivity index (χ1v) is 3.99. The van der Waals surface area contributed by atoms with Crippen molar-refractivity contribution in [1.82, 2.24) is 9.36 Å². The number of hydrogen-bond donors (Lipinski definition) is 0. The smallest absolute Gasteiger partial charge is 0.212 e. The van der Waals surface area contributed by atoms with Crippen molar-refractivity contribution >= 4 is 11.5 Å². The first kappa shape index (κ1) is 6.49. The molecule has 0 aliphatic carbocycles. The predicted molar refractivity (Wildman–Crippen MR) is 44.2 cm³/mol. The third-order valence-electron chi connectivity index (χ3n) is 1.35. The van der Waals surface area contributed by atoms with Gasteiger partial charge in [0, 0.05) is 5.56 Å². The van der Waals surface area contributed by atoms with E-state index < -0.39 is 0 Å². The second kappa shape index (κ2) is 2.80. The van der Waals surface area contributed by atoms with Crippen LogP contribution >= 0.6 is 11.5 Å². The van der Waals surface area contributed by atoms with Gasteiger partial charge in [0.1, 0.15) is 5.01 Å². The highest BCUT2D eigenvalue weighted by molar-refractivity contribution is 7.09. The zero-order valence-corrected chi connectivity index (χ0v) is 6.51. The van der Waals surface area contributed by atoms with Crippen LogP contribution in [-0.2, 0) is 0 Å². The van der Waals surface area contributed by atoms with E-state index in [0.717, 1.165) is 10.6 Å². The fourth-order valence-electron chi connectivity index (χ4n) is 0.848. The molecule has 2 rings (SSSR count). The van der Waals surface area contributed by atoms with Crippen LogP contribution in [0.25, 0.3) is 10.6 Å². The monoisotopic (exact) mass is 161 g/mol. The normalized spacial score (nSPS) is 9.82. The minimum atomic E-state index is 0.922. The Balaban J connectivity index is 2.46. The van der Waals surface area contributed by atoms with Gasteiger partial charge in [0.15, 0.2) is 0 Å². The molecule has 1 radical (unpaired) electrons. The summed E-state index contributed by atoms with van der Waals surface area (Å²) in [4.78, 5) is 3.97. The maximum absolute atomic E-state index is 3.97. The van der Waals surface area contributed by atoms with Crippen LogP contribution in [0.3, 0.4) is 0 Å². The molecule has 0 aliphatic rings. The van der Waals surface area contributed by atoms with Gasteiger partial charge in [-0.3, -0.25) is 0 Å². The van der Waals surface area contributed by atoms with Gasteiger partial charge in [-0.25, -0.2) is 4.98 Å². The molecule has 11 heavy (non-hydrogen) atoms. The van der Waals surface area contributed by atoms with Gasteiger partial charge >= 0.3 is 0 Å². The maximum atomic E-state index is 3.97. The van der Waals surface area contributed by atoms with Crippen molar-refractivity contribution in [3.8, 4) is 10.6 Å². The van der Waals surface area contributed by atoms with Gasteiger partial charge in [-0.15, -0.1) is 0 Å². The highest BCUT2D eigenvalue weighted by Gasteiger charge is 1.97. The Morgan fingerprint density at radius 2 is 2.00 bits per heavy atom. The molecule has 53 valence electrons. The van der Waals surface area contributed by atoms with Gasteiger partial charge in [-0.1, -0.05) is 30.3 Å². The van der Waals surface area contributed by atoms with Crippen LogP contribution < -0.4 is 0 Å². The number of aromatic nitrogens is 2. The van der Waals surface area contributed by atoms with E-state index in [4.69, 9.17) is 0 Å². The lowest BCUT2D eigenvalue weighted by atomic mass is 10.2. The van der Waals surface area contributed by atoms with E-state index in [1.54, 1.807) is 0 Å². The Labute approximate surface area is 68.7 Å². The molecule has 3 heteroatoms. The van der Waals surface area contributed by atoms with Crippen molar-refractivity contribution in [3.63, 3.8) is 0 Å². The molecule has 2 nitrogen and oxygen atoms in total. The summed E-state index contributed by atoms with van der Waals surface area (Å²) in [6.07, 6.45) is 2.55. The second-order valence-corrected chi connectivity index (χ2v) is 2.82. The molecule has 0 saturated heterocycles. The predicted octanol–water partition coefficient (Wildman–Crippen LogP) is 2.01. The number of benzene rings is 1. The molecule has 1 aromatic heterocycles. The van der Waals surface area contributed by atoms with Gasteiger partial charge < -0.3 is 0 Å². The van der Waals surface area contributed by atoms with Crippen LogP contribution in [0.1, 0.15) is 0 Å². The van der Waals surface area contributed by atoms with Crippen LogP contribution in [0.2, 0.25) is 0 Å². The van der Waals surface area contributed by atoms with Crippen LogP contribution in [0.15, 0.2) is 30.3 Å². The Bertz CT molecular complexity index is 315. The van der Waals surface area contributed by atoms with Crippen LogP contribution in [-0.4, -0.2) is 9.36 Å². The first-order valence-electron chi connectivity index (χ1n) is 3.22. The summed E-state index contributed by atoms with van der Waals surface area (Å²) >= 11 is 1.36. The van der Waals surface area contributed by atoms with Gasteiger partial charge in [-0.2, -0.15) is 4.37 Å². The minimum absolute atomic E-state index is 0.922. The number of hydrogen-bond acceptors (Lipinski definition) is 3.